The van der Waals surface area contributed by atoms with E-state index in [1.807, 2.05) is 17.5 Å². The lowest BCUT2D eigenvalue weighted by atomic mass is 10.3. The van der Waals surface area contributed by atoms with Crippen molar-refractivity contribution in [3.63, 3.8) is 0 Å². The van der Waals surface area contributed by atoms with E-state index in [1.54, 1.807) is 0 Å². The maximum Gasteiger partial charge on any atom is 0.253 e. The molecule has 106 valence electrons. The van der Waals surface area contributed by atoms with Crippen LogP contribution in [0.4, 0.5) is 23.2 Å². The van der Waals surface area contributed by atoms with Gasteiger partial charge in [-0.15, -0.1) is 11.3 Å². The lowest BCUT2D eigenvalue weighted by Crippen LogP contribution is -2.28. The van der Waals surface area contributed by atoms with Gasteiger partial charge < -0.3 is 4.90 Å². The van der Waals surface area contributed by atoms with Crippen LogP contribution in [0.2, 0.25) is 0 Å². The molecule has 0 bridgehead atoms. The molecule has 1 saturated carbocycles. The predicted molar refractivity (Wildman–Crippen MR) is 67.6 cm³/mol. The fourth-order valence-electron chi connectivity index (χ4n) is 2.08. The molecule has 7 heteroatoms. The zero-order chi connectivity index (χ0) is 14.3. The molecule has 0 amide bonds. The number of anilines is 1. The molecular formula is C13H10F4N2S. The molecule has 0 saturated heterocycles. The van der Waals surface area contributed by atoms with Crippen LogP contribution in [0.3, 0.4) is 0 Å². The second kappa shape index (κ2) is 5.05. The van der Waals surface area contributed by atoms with Gasteiger partial charge in [-0.1, -0.05) is 6.07 Å². The number of halogens is 4. The molecule has 0 N–H and O–H groups in total. The maximum atomic E-state index is 13.8. The van der Waals surface area contributed by atoms with Crippen molar-refractivity contribution in [3.05, 3.63) is 45.9 Å². The average Bonchev–Trinajstić information content (AvgIpc) is 3.13. The van der Waals surface area contributed by atoms with Gasteiger partial charge >= 0.3 is 0 Å². The van der Waals surface area contributed by atoms with Crippen molar-refractivity contribution in [1.82, 2.24) is 4.98 Å². The first-order valence-corrected chi connectivity index (χ1v) is 6.95. The van der Waals surface area contributed by atoms with Crippen LogP contribution in [0.1, 0.15) is 17.7 Å². The van der Waals surface area contributed by atoms with E-state index in [0.717, 1.165) is 17.7 Å². The van der Waals surface area contributed by atoms with Crippen LogP contribution in [0.5, 0.6) is 0 Å². The molecule has 2 heterocycles. The molecule has 0 spiro atoms. The Kier molecular flexibility index (Phi) is 3.37. The maximum absolute atomic E-state index is 13.8. The molecular weight excluding hydrogens is 292 g/mol. The van der Waals surface area contributed by atoms with Crippen molar-refractivity contribution in [2.75, 3.05) is 4.90 Å². The molecule has 0 unspecified atom stereocenters. The third-order valence-electron chi connectivity index (χ3n) is 3.16. The van der Waals surface area contributed by atoms with Gasteiger partial charge in [0.05, 0.1) is 6.54 Å². The van der Waals surface area contributed by atoms with Crippen LogP contribution in [-0.2, 0) is 6.54 Å². The second-order valence-corrected chi connectivity index (χ2v) is 5.64. The highest BCUT2D eigenvalue weighted by Gasteiger charge is 2.35. The minimum Gasteiger partial charge on any atom is -0.358 e. The van der Waals surface area contributed by atoms with Gasteiger partial charge in [0.2, 0.25) is 11.6 Å². The summed E-state index contributed by atoms with van der Waals surface area (Å²) in [5.74, 6) is -6.11. The summed E-state index contributed by atoms with van der Waals surface area (Å²) in [4.78, 5) is 4.83. The zero-order valence-electron chi connectivity index (χ0n) is 10.2. The molecule has 0 aromatic carbocycles. The van der Waals surface area contributed by atoms with E-state index in [1.165, 1.54) is 16.2 Å². The number of hydrogen-bond donors (Lipinski definition) is 0. The van der Waals surface area contributed by atoms with Gasteiger partial charge in [0.1, 0.15) is 5.69 Å². The number of pyridine rings is 1. The fraction of sp³-hybridized carbons (Fsp3) is 0.308. The lowest BCUT2D eigenvalue weighted by molar-refractivity contribution is 0.405. The topological polar surface area (TPSA) is 16.1 Å². The van der Waals surface area contributed by atoms with E-state index < -0.39 is 29.2 Å². The molecule has 1 aliphatic carbocycles. The van der Waals surface area contributed by atoms with E-state index in [2.05, 4.69) is 4.98 Å². The van der Waals surface area contributed by atoms with E-state index in [9.17, 15) is 17.6 Å². The number of nitrogens with zero attached hydrogens (tertiary/aromatic N) is 2. The highest BCUT2D eigenvalue weighted by atomic mass is 32.1. The SMILES string of the molecule is Fc1nc(F)c(F)c(N(Cc2cccs2)C2CC2)c1F. The number of thiophene rings is 1. The van der Waals surface area contributed by atoms with Gasteiger partial charge in [-0.25, -0.2) is 0 Å². The first-order chi connectivity index (χ1) is 9.58. The minimum absolute atomic E-state index is 0.0951. The number of hydrogen-bond acceptors (Lipinski definition) is 3. The Morgan fingerprint density at radius 2 is 1.80 bits per heavy atom. The molecule has 2 aromatic heterocycles. The normalized spacial score (nSPS) is 14.6. The van der Waals surface area contributed by atoms with Crippen LogP contribution in [0, 0.1) is 23.5 Å². The van der Waals surface area contributed by atoms with Crippen LogP contribution in [0.25, 0.3) is 0 Å². The highest BCUT2D eigenvalue weighted by Crippen LogP contribution is 2.37. The average molecular weight is 302 g/mol. The molecule has 3 rings (SSSR count). The molecule has 2 nitrogen and oxygen atoms in total. The lowest BCUT2D eigenvalue weighted by Gasteiger charge is -2.25. The monoisotopic (exact) mass is 302 g/mol. The summed E-state index contributed by atoms with van der Waals surface area (Å²) < 4.78 is 54.1. The van der Waals surface area contributed by atoms with Gasteiger partial charge in [-0.2, -0.15) is 22.5 Å². The molecule has 0 atom stereocenters. The zero-order valence-corrected chi connectivity index (χ0v) is 11.1. The van der Waals surface area contributed by atoms with Gasteiger partial charge in [0.15, 0.2) is 0 Å². The molecule has 1 fully saturated rings. The first-order valence-electron chi connectivity index (χ1n) is 6.07. The van der Waals surface area contributed by atoms with E-state index in [0.29, 0.717) is 0 Å². The predicted octanol–water partition coefficient (Wildman–Crippen LogP) is 3.87. The van der Waals surface area contributed by atoms with E-state index in [4.69, 9.17) is 0 Å². The molecule has 20 heavy (non-hydrogen) atoms. The summed E-state index contributed by atoms with van der Waals surface area (Å²) in [6, 6.07) is 3.53. The van der Waals surface area contributed by atoms with Crippen molar-refractivity contribution in [2.45, 2.75) is 25.4 Å². The first kappa shape index (κ1) is 13.4. The van der Waals surface area contributed by atoms with Crippen LogP contribution < -0.4 is 4.90 Å². The Morgan fingerprint density at radius 3 is 2.30 bits per heavy atom. The fourth-order valence-corrected chi connectivity index (χ4v) is 2.78. The van der Waals surface area contributed by atoms with Crippen LogP contribution in [0.15, 0.2) is 17.5 Å². The summed E-state index contributed by atoms with van der Waals surface area (Å²) in [6.07, 6.45) is 1.49. The third-order valence-corrected chi connectivity index (χ3v) is 4.02. The molecule has 2 aromatic rings. The Balaban J connectivity index is 2.03. The smallest absolute Gasteiger partial charge is 0.253 e. The van der Waals surface area contributed by atoms with Gasteiger partial charge in [0.25, 0.3) is 11.9 Å². The van der Waals surface area contributed by atoms with Gasteiger partial charge in [0, 0.05) is 10.9 Å². The summed E-state index contributed by atoms with van der Waals surface area (Å²) in [5, 5.41) is 1.83. The van der Waals surface area contributed by atoms with Gasteiger partial charge in [-0.05, 0) is 24.3 Å². The quantitative estimate of drug-likeness (QED) is 0.629. The Bertz CT molecular complexity index is 600. The summed E-state index contributed by atoms with van der Waals surface area (Å²) in [5.41, 5.74) is -0.661. The standard InChI is InChI=1S/C13H10F4N2S/c14-9-11(10(15)13(17)18-12(9)16)19(7-3-4-7)6-8-2-1-5-20-8/h1-2,5,7H,3-4,6H2. The largest absolute Gasteiger partial charge is 0.358 e. The van der Waals surface area contributed by atoms with Crippen molar-refractivity contribution in [2.24, 2.45) is 0 Å². The summed E-state index contributed by atoms with van der Waals surface area (Å²) in [7, 11) is 0. The minimum atomic E-state index is -1.62. The Labute approximate surface area is 116 Å². The van der Waals surface area contributed by atoms with E-state index in [-0.39, 0.29) is 12.6 Å². The number of aromatic nitrogens is 1. The van der Waals surface area contributed by atoms with Gasteiger partial charge in [-0.3, -0.25) is 0 Å². The van der Waals surface area contributed by atoms with Crippen molar-refractivity contribution < 1.29 is 17.6 Å². The van der Waals surface area contributed by atoms with Crippen molar-refractivity contribution >= 4 is 17.0 Å². The van der Waals surface area contributed by atoms with Crippen LogP contribution >= 0.6 is 11.3 Å². The second-order valence-electron chi connectivity index (χ2n) is 4.61. The van der Waals surface area contributed by atoms with Crippen molar-refractivity contribution in [3.8, 4) is 0 Å². The third kappa shape index (κ3) is 2.37. The van der Waals surface area contributed by atoms with E-state index >= 15 is 0 Å². The molecule has 0 radical (unpaired) electrons. The molecule has 1 aliphatic rings. The highest BCUT2D eigenvalue weighted by molar-refractivity contribution is 7.09. The summed E-state index contributed by atoms with van der Waals surface area (Å²) in [6.45, 7) is 0.221. The van der Waals surface area contributed by atoms with Crippen LogP contribution in [-0.4, -0.2) is 11.0 Å². The Hall–Kier alpha value is -1.63. The Morgan fingerprint density at radius 1 is 1.15 bits per heavy atom. The number of rotatable bonds is 4. The molecule has 0 aliphatic heterocycles. The van der Waals surface area contributed by atoms with Crippen molar-refractivity contribution in [1.29, 1.82) is 0 Å². The summed E-state index contributed by atoms with van der Waals surface area (Å²) >= 11 is 1.42.